The van der Waals surface area contributed by atoms with E-state index in [2.05, 4.69) is 0 Å². The third kappa shape index (κ3) is 3.60. The van der Waals surface area contributed by atoms with E-state index in [4.69, 9.17) is 27.9 Å². The van der Waals surface area contributed by atoms with E-state index in [0.717, 1.165) is 5.56 Å². The van der Waals surface area contributed by atoms with Crippen LogP contribution >= 0.6 is 23.2 Å². The maximum absolute atomic E-state index is 11.8. The number of likely N-dealkylation sites (N-methyl/N-ethyl adjacent to an activating group) is 1. The van der Waals surface area contributed by atoms with Crippen LogP contribution in [-0.2, 0) is 16.1 Å². The van der Waals surface area contributed by atoms with Gasteiger partial charge in [-0.25, -0.2) is 0 Å². The fraction of sp³-hybridized carbons (Fsp3) is 0.417. The molecule has 0 aromatic heterocycles. The van der Waals surface area contributed by atoms with Gasteiger partial charge in [-0.2, -0.15) is 0 Å². The molecule has 1 aromatic rings. The first-order valence-corrected chi connectivity index (χ1v) is 5.93. The first kappa shape index (κ1) is 14.3. The van der Waals surface area contributed by atoms with Gasteiger partial charge in [-0.3, -0.25) is 4.79 Å². The molecule has 0 fully saturated rings. The predicted molar refractivity (Wildman–Crippen MR) is 69.4 cm³/mol. The van der Waals surface area contributed by atoms with Gasteiger partial charge in [0.2, 0.25) is 0 Å². The average molecular weight is 276 g/mol. The quantitative estimate of drug-likeness (QED) is 0.846. The van der Waals surface area contributed by atoms with Gasteiger partial charge in [0.15, 0.2) is 0 Å². The number of carbonyl (C=O) groups is 1. The molecule has 0 bridgehead atoms. The molecule has 0 spiro atoms. The summed E-state index contributed by atoms with van der Waals surface area (Å²) in [5.41, 5.74) is 0.818. The highest BCUT2D eigenvalue weighted by Crippen LogP contribution is 2.26. The van der Waals surface area contributed by atoms with E-state index >= 15 is 0 Å². The van der Waals surface area contributed by atoms with Gasteiger partial charge in [-0.15, -0.1) is 0 Å². The Labute approximate surface area is 111 Å². The molecule has 0 aliphatic carbocycles. The molecular formula is C12H15Cl2NO2. The number of halogens is 2. The van der Waals surface area contributed by atoms with Crippen LogP contribution in [0.3, 0.4) is 0 Å². The summed E-state index contributed by atoms with van der Waals surface area (Å²) in [7, 11) is 3.21. The molecule has 0 radical (unpaired) electrons. The zero-order valence-electron chi connectivity index (χ0n) is 10.0. The topological polar surface area (TPSA) is 29.5 Å². The van der Waals surface area contributed by atoms with Crippen LogP contribution in [0.2, 0.25) is 10.0 Å². The van der Waals surface area contributed by atoms with Crippen LogP contribution < -0.4 is 0 Å². The van der Waals surface area contributed by atoms with Crippen LogP contribution in [-0.4, -0.2) is 31.1 Å². The summed E-state index contributed by atoms with van der Waals surface area (Å²) in [4.78, 5) is 13.4. The fourth-order valence-corrected chi connectivity index (χ4v) is 1.80. The molecule has 0 aliphatic rings. The van der Waals surface area contributed by atoms with E-state index in [1.165, 1.54) is 7.11 Å². The number of ether oxygens (including phenoxy) is 1. The maximum atomic E-state index is 11.8. The molecular weight excluding hydrogens is 261 g/mol. The summed E-state index contributed by atoms with van der Waals surface area (Å²) >= 11 is 12.0. The molecule has 3 nitrogen and oxygen atoms in total. The van der Waals surface area contributed by atoms with Gasteiger partial charge in [0.05, 0.1) is 10.0 Å². The van der Waals surface area contributed by atoms with Gasteiger partial charge in [-0.05, 0) is 18.6 Å². The maximum Gasteiger partial charge on any atom is 0.251 e. The van der Waals surface area contributed by atoms with Crippen molar-refractivity contribution in [3.8, 4) is 0 Å². The molecule has 1 atom stereocenters. The molecule has 17 heavy (non-hydrogen) atoms. The minimum atomic E-state index is -0.460. The summed E-state index contributed by atoms with van der Waals surface area (Å²) in [6.45, 7) is 2.12. The first-order chi connectivity index (χ1) is 7.97. The molecule has 1 amide bonds. The standard InChI is InChI=1S/C12H15Cl2NO2/c1-8(17-3)12(16)15(2)7-9-5-4-6-10(13)11(9)14/h4-6,8H,7H2,1-3H3. The van der Waals surface area contributed by atoms with E-state index < -0.39 is 6.10 Å². The lowest BCUT2D eigenvalue weighted by molar-refractivity contribution is -0.140. The molecule has 0 heterocycles. The third-order valence-electron chi connectivity index (χ3n) is 2.52. The van der Waals surface area contributed by atoms with Crippen LogP contribution in [0, 0.1) is 0 Å². The van der Waals surface area contributed by atoms with E-state index in [1.54, 1.807) is 24.9 Å². The van der Waals surface area contributed by atoms with Crippen molar-refractivity contribution in [1.29, 1.82) is 0 Å². The molecule has 1 aromatic carbocycles. The van der Waals surface area contributed by atoms with Gasteiger partial charge in [0, 0.05) is 20.7 Å². The van der Waals surface area contributed by atoms with E-state index in [9.17, 15) is 4.79 Å². The van der Waals surface area contributed by atoms with Crippen molar-refractivity contribution in [2.24, 2.45) is 0 Å². The Kier molecular flexibility index (Phi) is 5.25. The predicted octanol–water partition coefficient (Wildman–Crippen LogP) is 2.99. The summed E-state index contributed by atoms with van der Waals surface area (Å²) < 4.78 is 4.97. The fourth-order valence-electron chi connectivity index (χ4n) is 1.42. The van der Waals surface area contributed by atoms with Crippen LogP contribution in [0.25, 0.3) is 0 Å². The number of carbonyl (C=O) groups excluding carboxylic acids is 1. The van der Waals surface area contributed by atoms with Gasteiger partial charge >= 0.3 is 0 Å². The Hall–Kier alpha value is -0.770. The molecule has 0 N–H and O–H groups in total. The Bertz CT molecular complexity index is 409. The average Bonchev–Trinajstić information content (AvgIpc) is 2.32. The second kappa shape index (κ2) is 6.24. The monoisotopic (exact) mass is 275 g/mol. The lowest BCUT2D eigenvalue weighted by Crippen LogP contribution is -2.35. The SMILES string of the molecule is COC(C)C(=O)N(C)Cc1cccc(Cl)c1Cl. The van der Waals surface area contributed by atoms with Crippen molar-refractivity contribution in [3.05, 3.63) is 33.8 Å². The second-order valence-electron chi connectivity index (χ2n) is 3.79. The largest absolute Gasteiger partial charge is 0.372 e. The first-order valence-electron chi connectivity index (χ1n) is 5.18. The summed E-state index contributed by atoms with van der Waals surface area (Å²) in [5, 5.41) is 0.976. The normalized spacial score (nSPS) is 12.3. The molecule has 94 valence electrons. The molecule has 5 heteroatoms. The number of benzene rings is 1. The number of nitrogens with zero attached hydrogens (tertiary/aromatic N) is 1. The highest BCUT2D eigenvalue weighted by atomic mass is 35.5. The van der Waals surface area contributed by atoms with E-state index in [-0.39, 0.29) is 5.91 Å². The second-order valence-corrected chi connectivity index (χ2v) is 4.57. The molecule has 1 unspecified atom stereocenters. The van der Waals surface area contributed by atoms with Crippen LogP contribution in [0.1, 0.15) is 12.5 Å². The summed E-state index contributed by atoms with van der Waals surface area (Å²) in [6.07, 6.45) is -0.460. The molecule has 0 saturated carbocycles. The number of hydrogen-bond donors (Lipinski definition) is 0. The van der Waals surface area contributed by atoms with Crippen LogP contribution in [0.15, 0.2) is 18.2 Å². The van der Waals surface area contributed by atoms with Crippen LogP contribution in [0.5, 0.6) is 0 Å². The van der Waals surface area contributed by atoms with E-state index in [1.807, 2.05) is 12.1 Å². The Morgan fingerprint density at radius 3 is 2.71 bits per heavy atom. The highest BCUT2D eigenvalue weighted by molar-refractivity contribution is 6.42. The zero-order chi connectivity index (χ0) is 13.0. The minimum Gasteiger partial charge on any atom is -0.372 e. The number of amides is 1. The lowest BCUT2D eigenvalue weighted by atomic mass is 10.2. The Morgan fingerprint density at radius 1 is 1.47 bits per heavy atom. The lowest BCUT2D eigenvalue weighted by Gasteiger charge is -2.21. The minimum absolute atomic E-state index is 0.0939. The van der Waals surface area contributed by atoms with Crippen molar-refractivity contribution in [3.63, 3.8) is 0 Å². The van der Waals surface area contributed by atoms with Gasteiger partial charge < -0.3 is 9.64 Å². The van der Waals surface area contributed by atoms with Crippen molar-refractivity contribution >= 4 is 29.1 Å². The summed E-state index contributed by atoms with van der Waals surface area (Å²) in [6, 6.07) is 5.37. The van der Waals surface area contributed by atoms with Crippen molar-refractivity contribution < 1.29 is 9.53 Å². The molecule has 0 aliphatic heterocycles. The van der Waals surface area contributed by atoms with Crippen molar-refractivity contribution in [2.75, 3.05) is 14.2 Å². The zero-order valence-corrected chi connectivity index (χ0v) is 11.5. The number of hydrogen-bond acceptors (Lipinski definition) is 2. The molecule has 0 saturated heterocycles. The van der Waals surface area contributed by atoms with Crippen LogP contribution in [0.4, 0.5) is 0 Å². The van der Waals surface area contributed by atoms with Crippen molar-refractivity contribution in [2.45, 2.75) is 19.6 Å². The van der Waals surface area contributed by atoms with E-state index in [0.29, 0.717) is 16.6 Å². The Morgan fingerprint density at radius 2 is 2.12 bits per heavy atom. The number of rotatable bonds is 4. The number of methoxy groups -OCH3 is 1. The van der Waals surface area contributed by atoms with Crippen molar-refractivity contribution in [1.82, 2.24) is 4.90 Å². The smallest absolute Gasteiger partial charge is 0.251 e. The molecule has 1 rings (SSSR count). The Balaban J connectivity index is 2.78. The highest BCUT2D eigenvalue weighted by Gasteiger charge is 2.17. The van der Waals surface area contributed by atoms with Gasteiger partial charge in [-0.1, -0.05) is 35.3 Å². The van der Waals surface area contributed by atoms with Gasteiger partial charge in [0.1, 0.15) is 6.10 Å². The third-order valence-corrected chi connectivity index (χ3v) is 3.37. The summed E-state index contributed by atoms with van der Waals surface area (Å²) in [5.74, 6) is -0.0939. The van der Waals surface area contributed by atoms with Gasteiger partial charge in [0.25, 0.3) is 5.91 Å².